The first-order chi connectivity index (χ1) is 14.3. The number of urea groups is 1. The summed E-state index contributed by atoms with van der Waals surface area (Å²) in [5, 5.41) is 14.2. The van der Waals surface area contributed by atoms with Gasteiger partial charge in [-0.15, -0.1) is 0 Å². The summed E-state index contributed by atoms with van der Waals surface area (Å²) < 4.78 is 5.03. The van der Waals surface area contributed by atoms with Crippen molar-refractivity contribution in [2.24, 2.45) is 11.1 Å². The van der Waals surface area contributed by atoms with E-state index < -0.39 is 0 Å². The van der Waals surface area contributed by atoms with Crippen molar-refractivity contribution in [1.29, 1.82) is 5.41 Å². The number of carbonyl (C=O) groups is 1. The number of amides is 2. The quantitative estimate of drug-likeness (QED) is 0.537. The Hall–Kier alpha value is -3.35. The van der Waals surface area contributed by atoms with Gasteiger partial charge >= 0.3 is 6.03 Å². The first-order valence-electron chi connectivity index (χ1n) is 9.98. The molecule has 30 heavy (non-hydrogen) atoms. The fourth-order valence-electron chi connectivity index (χ4n) is 3.54. The molecule has 0 bridgehead atoms. The second-order valence-corrected chi connectivity index (χ2v) is 8.32. The smallest absolute Gasteiger partial charge is 0.319 e. The predicted molar refractivity (Wildman–Crippen MR) is 119 cm³/mol. The summed E-state index contributed by atoms with van der Waals surface area (Å²) in [5.74, 6) is 0.528. The van der Waals surface area contributed by atoms with Crippen LogP contribution in [0.2, 0.25) is 0 Å². The van der Waals surface area contributed by atoms with Crippen LogP contribution in [0.4, 0.5) is 10.5 Å². The van der Waals surface area contributed by atoms with Crippen molar-refractivity contribution in [3.8, 4) is 5.88 Å². The zero-order valence-electron chi connectivity index (χ0n) is 17.7. The van der Waals surface area contributed by atoms with Gasteiger partial charge in [0.1, 0.15) is 0 Å². The average molecular weight is 408 g/mol. The highest BCUT2D eigenvalue weighted by atomic mass is 16.5. The Balaban J connectivity index is 1.62. The monoisotopic (exact) mass is 407 g/mol. The molecule has 1 aromatic heterocycles. The van der Waals surface area contributed by atoms with E-state index >= 15 is 0 Å². The van der Waals surface area contributed by atoms with Gasteiger partial charge in [-0.3, -0.25) is 5.41 Å². The zero-order valence-corrected chi connectivity index (χ0v) is 17.7. The number of anilines is 1. The lowest BCUT2D eigenvalue weighted by Crippen LogP contribution is -2.28. The number of methoxy groups -OCH3 is 1. The number of nitrogens with zero attached hydrogens (tertiary/aromatic N) is 1. The molecule has 2 amide bonds. The van der Waals surface area contributed by atoms with Crippen LogP contribution in [0.15, 0.2) is 53.9 Å². The van der Waals surface area contributed by atoms with E-state index in [9.17, 15) is 4.79 Å². The first kappa shape index (κ1) is 21.4. The van der Waals surface area contributed by atoms with Gasteiger partial charge in [-0.2, -0.15) is 0 Å². The second kappa shape index (κ2) is 8.98. The molecule has 158 valence electrons. The molecule has 1 aromatic carbocycles. The number of carbonyl (C=O) groups excluding carboxylic acids is 1. The van der Waals surface area contributed by atoms with Crippen LogP contribution >= 0.6 is 0 Å². The Morgan fingerprint density at radius 1 is 1.30 bits per heavy atom. The lowest BCUT2D eigenvalue weighted by molar-refractivity contribution is 0.251. The lowest BCUT2D eigenvalue weighted by atomic mass is 9.75. The third kappa shape index (κ3) is 5.37. The summed E-state index contributed by atoms with van der Waals surface area (Å²) in [4.78, 5) is 16.4. The minimum atomic E-state index is -0.326. The van der Waals surface area contributed by atoms with Crippen molar-refractivity contribution in [2.45, 2.75) is 39.7 Å². The number of benzene rings is 1. The van der Waals surface area contributed by atoms with Crippen LogP contribution in [0, 0.1) is 10.8 Å². The predicted octanol–water partition coefficient (Wildman–Crippen LogP) is 4.20. The molecule has 0 atom stereocenters. The second-order valence-electron chi connectivity index (χ2n) is 8.32. The van der Waals surface area contributed by atoms with Gasteiger partial charge in [0.25, 0.3) is 0 Å². The Kier molecular flexibility index (Phi) is 6.40. The van der Waals surface area contributed by atoms with Crippen molar-refractivity contribution < 1.29 is 9.53 Å². The fraction of sp³-hybridized carbons (Fsp3) is 0.348. The molecule has 1 aliphatic carbocycles. The average Bonchev–Trinajstić information content (AvgIpc) is 2.72. The van der Waals surface area contributed by atoms with Gasteiger partial charge in [-0.05, 0) is 47.9 Å². The van der Waals surface area contributed by atoms with Crippen molar-refractivity contribution in [3.05, 3.63) is 65.0 Å². The molecule has 0 spiro atoms. The zero-order chi connectivity index (χ0) is 21.7. The van der Waals surface area contributed by atoms with Crippen LogP contribution < -0.4 is 21.1 Å². The molecule has 0 saturated heterocycles. The minimum absolute atomic E-state index is 0.175. The van der Waals surface area contributed by atoms with E-state index in [0.29, 0.717) is 23.8 Å². The minimum Gasteiger partial charge on any atom is -0.481 e. The van der Waals surface area contributed by atoms with E-state index in [-0.39, 0.29) is 11.4 Å². The number of nitrogens with one attached hydrogen (secondary N) is 3. The molecule has 7 heteroatoms. The molecule has 0 unspecified atom stereocenters. The molecule has 0 aliphatic heterocycles. The van der Waals surface area contributed by atoms with Gasteiger partial charge < -0.3 is 21.1 Å². The molecule has 0 fully saturated rings. The van der Waals surface area contributed by atoms with E-state index in [2.05, 4.69) is 29.5 Å². The number of nitrogens with two attached hydrogens (primary N) is 1. The third-order valence-electron chi connectivity index (χ3n) is 5.28. The van der Waals surface area contributed by atoms with E-state index in [0.717, 1.165) is 41.7 Å². The summed E-state index contributed by atoms with van der Waals surface area (Å²) in [6.45, 7) is 4.74. The Bertz CT molecular complexity index is 964. The molecule has 1 heterocycles. The molecule has 0 saturated carbocycles. The van der Waals surface area contributed by atoms with Gasteiger partial charge in [0.05, 0.1) is 12.8 Å². The standard InChI is InChI=1S/C23H29N5O2/c1-23(2)10-9-18(19(24)12-23)21(25)16-5-4-6-17(11-16)28-22(29)27-14-15-7-8-20(30-3)26-13-15/h4-8,11,13,25H,9-10,12,14,24H2,1-3H3,(H2,27,28,29). The van der Waals surface area contributed by atoms with Crippen LogP contribution in [0.3, 0.4) is 0 Å². The highest BCUT2D eigenvalue weighted by molar-refractivity contribution is 6.11. The van der Waals surface area contributed by atoms with Crippen LogP contribution in [-0.4, -0.2) is 23.8 Å². The van der Waals surface area contributed by atoms with Gasteiger partial charge in [0.15, 0.2) is 0 Å². The normalized spacial score (nSPS) is 15.4. The Labute approximate surface area is 177 Å². The summed E-state index contributed by atoms with van der Waals surface area (Å²) in [6.07, 6.45) is 4.26. The van der Waals surface area contributed by atoms with E-state index in [4.69, 9.17) is 15.9 Å². The van der Waals surface area contributed by atoms with Crippen LogP contribution in [0.1, 0.15) is 44.2 Å². The summed E-state index contributed by atoms with van der Waals surface area (Å²) in [5.41, 5.74) is 10.8. The molecule has 2 aromatic rings. The molecule has 0 radical (unpaired) electrons. The van der Waals surface area contributed by atoms with E-state index in [1.807, 2.05) is 18.2 Å². The highest BCUT2D eigenvalue weighted by Crippen LogP contribution is 2.37. The Morgan fingerprint density at radius 2 is 2.10 bits per heavy atom. The maximum Gasteiger partial charge on any atom is 0.319 e. The molecular weight excluding hydrogens is 378 g/mol. The summed E-state index contributed by atoms with van der Waals surface area (Å²) in [6, 6.07) is 10.6. The van der Waals surface area contributed by atoms with Crippen molar-refractivity contribution in [3.63, 3.8) is 0 Å². The van der Waals surface area contributed by atoms with Crippen LogP contribution in [0.25, 0.3) is 0 Å². The number of hydrogen-bond acceptors (Lipinski definition) is 5. The number of aromatic nitrogens is 1. The van der Waals surface area contributed by atoms with Crippen molar-refractivity contribution >= 4 is 17.4 Å². The maximum absolute atomic E-state index is 12.3. The summed E-state index contributed by atoms with van der Waals surface area (Å²) in [7, 11) is 1.56. The van der Waals surface area contributed by atoms with Crippen molar-refractivity contribution in [1.82, 2.24) is 10.3 Å². The number of allylic oxidation sites excluding steroid dienone is 2. The van der Waals surface area contributed by atoms with Crippen molar-refractivity contribution in [2.75, 3.05) is 12.4 Å². The summed E-state index contributed by atoms with van der Waals surface area (Å²) >= 11 is 0. The number of ether oxygens (including phenoxy) is 1. The molecule has 3 rings (SSSR count). The molecule has 1 aliphatic rings. The van der Waals surface area contributed by atoms with Gasteiger partial charge in [0.2, 0.25) is 5.88 Å². The SMILES string of the molecule is COc1ccc(CNC(=O)Nc2cccc(C(=N)C3=C(N)CC(C)(C)CC3)c2)cn1. The van der Waals surface area contributed by atoms with Gasteiger partial charge in [-0.1, -0.05) is 32.0 Å². The highest BCUT2D eigenvalue weighted by Gasteiger charge is 2.27. The fourth-order valence-corrected chi connectivity index (χ4v) is 3.54. The Morgan fingerprint density at radius 3 is 2.77 bits per heavy atom. The number of rotatable bonds is 6. The van der Waals surface area contributed by atoms with Gasteiger partial charge in [-0.25, -0.2) is 9.78 Å². The van der Waals surface area contributed by atoms with E-state index in [1.54, 1.807) is 31.5 Å². The molecular formula is C23H29N5O2. The lowest BCUT2D eigenvalue weighted by Gasteiger charge is -2.31. The van der Waals surface area contributed by atoms with Crippen LogP contribution in [-0.2, 0) is 6.54 Å². The molecule has 7 nitrogen and oxygen atoms in total. The third-order valence-corrected chi connectivity index (χ3v) is 5.28. The number of hydrogen-bond donors (Lipinski definition) is 4. The van der Waals surface area contributed by atoms with Gasteiger partial charge in [0, 0.05) is 35.8 Å². The largest absolute Gasteiger partial charge is 0.481 e. The maximum atomic E-state index is 12.3. The number of pyridine rings is 1. The van der Waals surface area contributed by atoms with E-state index in [1.165, 1.54) is 0 Å². The first-order valence-corrected chi connectivity index (χ1v) is 9.98. The molecule has 5 N–H and O–H groups in total. The topological polar surface area (TPSA) is 113 Å². The van der Waals surface area contributed by atoms with Crippen LogP contribution in [0.5, 0.6) is 5.88 Å².